The van der Waals surface area contributed by atoms with Crippen LogP contribution in [-0.4, -0.2) is 29.2 Å². The first-order chi connectivity index (χ1) is 14.7. The molecule has 0 bridgehead atoms. The van der Waals surface area contributed by atoms with Gasteiger partial charge in [-0.15, -0.1) is 0 Å². The summed E-state index contributed by atoms with van der Waals surface area (Å²) in [6.45, 7) is 4.80. The molecule has 7 heteroatoms. The molecule has 3 amide bonds. The van der Waals surface area contributed by atoms with Gasteiger partial charge in [-0.1, -0.05) is 37.6 Å². The molecular weight excluding hydrogens is 414 g/mol. The van der Waals surface area contributed by atoms with Gasteiger partial charge in [-0.25, -0.2) is 0 Å². The molecule has 2 atom stereocenters. The smallest absolute Gasteiger partial charge is 0.248 e. The van der Waals surface area contributed by atoms with Gasteiger partial charge >= 0.3 is 0 Å². The van der Waals surface area contributed by atoms with Gasteiger partial charge in [-0.05, 0) is 60.7 Å². The number of carbonyl (C=O) groups excluding carboxylic acids is 3. The molecule has 164 valence electrons. The highest BCUT2D eigenvalue weighted by Crippen LogP contribution is 2.36. The number of hydrogen-bond donors (Lipinski definition) is 2. The molecule has 1 aliphatic heterocycles. The number of nitrogens with one attached hydrogen (secondary N) is 1. The van der Waals surface area contributed by atoms with Crippen molar-refractivity contribution in [3.63, 3.8) is 0 Å². The zero-order valence-corrected chi connectivity index (χ0v) is 18.6. The lowest BCUT2D eigenvalue weighted by atomic mass is 9.85. The molecule has 1 heterocycles. The zero-order valence-electron chi connectivity index (χ0n) is 17.8. The molecule has 1 fully saturated rings. The van der Waals surface area contributed by atoms with Crippen LogP contribution in [0.25, 0.3) is 0 Å². The quantitative estimate of drug-likeness (QED) is 0.666. The fourth-order valence-corrected chi connectivity index (χ4v) is 4.14. The monoisotopic (exact) mass is 441 g/mol. The highest BCUT2D eigenvalue weighted by molar-refractivity contribution is 6.30. The molecule has 0 aromatic heterocycles. The Hall–Kier alpha value is -2.86. The van der Waals surface area contributed by atoms with Crippen LogP contribution in [0.4, 0.5) is 5.69 Å². The summed E-state index contributed by atoms with van der Waals surface area (Å²) < 4.78 is 0. The van der Waals surface area contributed by atoms with Crippen LogP contribution < -0.4 is 11.1 Å². The van der Waals surface area contributed by atoms with Crippen LogP contribution in [0, 0.1) is 11.8 Å². The van der Waals surface area contributed by atoms with E-state index in [1.165, 1.54) is 0 Å². The Kier molecular flexibility index (Phi) is 7.33. The molecule has 0 radical (unpaired) electrons. The number of likely N-dealkylation sites (tertiary alicyclic amines) is 1. The van der Waals surface area contributed by atoms with Gasteiger partial charge in [0, 0.05) is 35.2 Å². The second-order valence-electron chi connectivity index (χ2n) is 8.42. The summed E-state index contributed by atoms with van der Waals surface area (Å²) in [5.41, 5.74) is 7.24. The van der Waals surface area contributed by atoms with E-state index in [1.54, 1.807) is 24.3 Å². The average Bonchev–Trinajstić information content (AvgIpc) is 2.72. The number of anilines is 1. The van der Waals surface area contributed by atoms with Crippen molar-refractivity contribution in [3.8, 4) is 0 Å². The van der Waals surface area contributed by atoms with E-state index in [9.17, 15) is 14.4 Å². The predicted octanol–water partition coefficient (Wildman–Crippen LogP) is 4.40. The maximum absolute atomic E-state index is 13.3. The minimum Gasteiger partial charge on any atom is -0.366 e. The number of hydrogen-bond acceptors (Lipinski definition) is 3. The van der Waals surface area contributed by atoms with Gasteiger partial charge in [0.05, 0.1) is 6.04 Å². The molecule has 3 N–H and O–H groups in total. The first kappa shape index (κ1) is 22.8. The molecule has 1 saturated heterocycles. The minimum absolute atomic E-state index is 0.00665. The largest absolute Gasteiger partial charge is 0.366 e. The SMILES string of the molecule is CC(C)CN1C(=O)C(CC(=O)Nc2ccc(C(N)=O)cc2)CCC1c1ccc(Cl)cc1. The molecule has 31 heavy (non-hydrogen) atoms. The summed E-state index contributed by atoms with van der Waals surface area (Å²) >= 11 is 6.02. The van der Waals surface area contributed by atoms with Crippen LogP contribution >= 0.6 is 11.6 Å². The van der Waals surface area contributed by atoms with Crippen LogP contribution in [0.3, 0.4) is 0 Å². The van der Waals surface area contributed by atoms with Gasteiger partial charge < -0.3 is 16.0 Å². The fraction of sp³-hybridized carbons (Fsp3) is 0.375. The molecule has 6 nitrogen and oxygen atoms in total. The normalized spacial score (nSPS) is 18.8. The number of nitrogens with two attached hydrogens (primary N) is 1. The van der Waals surface area contributed by atoms with E-state index in [-0.39, 0.29) is 30.2 Å². The topological polar surface area (TPSA) is 92.5 Å². The number of halogens is 1. The molecule has 2 unspecified atom stereocenters. The summed E-state index contributed by atoms with van der Waals surface area (Å²) in [6.07, 6.45) is 1.57. The van der Waals surface area contributed by atoms with Gasteiger partial charge in [0.25, 0.3) is 0 Å². The number of primary amides is 1. The Morgan fingerprint density at radius 3 is 2.32 bits per heavy atom. The van der Waals surface area contributed by atoms with Crippen LogP contribution in [-0.2, 0) is 9.59 Å². The van der Waals surface area contributed by atoms with Crippen molar-refractivity contribution in [2.75, 3.05) is 11.9 Å². The van der Waals surface area contributed by atoms with Crippen LogP contribution in [0.2, 0.25) is 5.02 Å². The summed E-state index contributed by atoms with van der Waals surface area (Å²) in [5.74, 6) is -0.771. The van der Waals surface area contributed by atoms with Crippen molar-refractivity contribution in [1.29, 1.82) is 0 Å². The third kappa shape index (κ3) is 5.85. The van der Waals surface area contributed by atoms with Crippen molar-refractivity contribution in [2.24, 2.45) is 17.6 Å². The zero-order chi connectivity index (χ0) is 22.5. The maximum atomic E-state index is 13.3. The average molecular weight is 442 g/mol. The van der Waals surface area contributed by atoms with Crippen molar-refractivity contribution in [3.05, 3.63) is 64.7 Å². The molecular formula is C24H28ClN3O3. The van der Waals surface area contributed by atoms with Gasteiger partial charge in [0.15, 0.2) is 0 Å². The lowest BCUT2D eigenvalue weighted by Gasteiger charge is -2.40. The summed E-state index contributed by atoms with van der Waals surface area (Å²) in [7, 11) is 0. The Morgan fingerprint density at radius 2 is 1.74 bits per heavy atom. The maximum Gasteiger partial charge on any atom is 0.248 e. The minimum atomic E-state index is -0.522. The first-order valence-electron chi connectivity index (χ1n) is 10.5. The van der Waals surface area contributed by atoms with Crippen molar-refractivity contribution >= 4 is 35.0 Å². The van der Waals surface area contributed by atoms with Gasteiger partial charge in [0.1, 0.15) is 0 Å². The van der Waals surface area contributed by atoms with E-state index < -0.39 is 5.91 Å². The van der Waals surface area contributed by atoms with Gasteiger partial charge in [-0.3, -0.25) is 14.4 Å². The molecule has 3 rings (SSSR count). The third-order valence-electron chi connectivity index (χ3n) is 5.50. The lowest BCUT2D eigenvalue weighted by Crippen LogP contribution is -2.45. The van der Waals surface area contributed by atoms with Crippen LogP contribution in [0.15, 0.2) is 48.5 Å². The molecule has 0 aliphatic carbocycles. The molecule has 0 spiro atoms. The van der Waals surface area contributed by atoms with E-state index in [0.717, 1.165) is 12.0 Å². The summed E-state index contributed by atoms with van der Waals surface area (Å²) in [6, 6.07) is 14.0. The fourth-order valence-electron chi connectivity index (χ4n) is 4.01. The number of rotatable bonds is 7. The van der Waals surface area contributed by atoms with E-state index in [4.69, 9.17) is 17.3 Å². The second-order valence-corrected chi connectivity index (χ2v) is 8.86. The number of amides is 3. The Balaban J connectivity index is 1.68. The molecule has 1 aliphatic rings. The highest BCUT2D eigenvalue weighted by Gasteiger charge is 2.37. The van der Waals surface area contributed by atoms with Gasteiger partial charge in [-0.2, -0.15) is 0 Å². The second kappa shape index (κ2) is 9.96. The first-order valence-corrected chi connectivity index (χ1v) is 10.9. The van der Waals surface area contributed by atoms with E-state index in [0.29, 0.717) is 35.2 Å². The van der Waals surface area contributed by atoms with E-state index in [2.05, 4.69) is 19.2 Å². The van der Waals surface area contributed by atoms with Crippen LogP contribution in [0.5, 0.6) is 0 Å². The summed E-state index contributed by atoms with van der Waals surface area (Å²) in [4.78, 5) is 38.9. The summed E-state index contributed by atoms with van der Waals surface area (Å²) in [5, 5.41) is 3.47. The highest BCUT2D eigenvalue weighted by atomic mass is 35.5. The number of benzene rings is 2. The van der Waals surface area contributed by atoms with Crippen LogP contribution in [0.1, 0.15) is 55.1 Å². The van der Waals surface area contributed by atoms with Gasteiger partial charge in [0.2, 0.25) is 17.7 Å². The Morgan fingerprint density at radius 1 is 1.10 bits per heavy atom. The van der Waals surface area contributed by atoms with E-state index >= 15 is 0 Å². The van der Waals surface area contributed by atoms with Crippen molar-refractivity contribution < 1.29 is 14.4 Å². The number of piperidine rings is 1. The number of nitrogens with zero attached hydrogens (tertiary/aromatic N) is 1. The van der Waals surface area contributed by atoms with Crippen molar-refractivity contribution in [2.45, 2.75) is 39.2 Å². The third-order valence-corrected chi connectivity index (χ3v) is 5.75. The molecule has 2 aromatic rings. The molecule has 0 saturated carbocycles. The molecule has 2 aromatic carbocycles. The predicted molar refractivity (Wildman–Crippen MR) is 122 cm³/mol. The Bertz CT molecular complexity index is 942. The van der Waals surface area contributed by atoms with E-state index in [1.807, 2.05) is 29.2 Å². The Labute approximate surface area is 187 Å². The number of carbonyl (C=O) groups is 3. The standard InChI is InChI=1S/C24H28ClN3O3/c1-15(2)14-28-21(16-3-8-19(25)9-4-16)12-7-18(24(28)31)13-22(29)27-20-10-5-17(6-11-20)23(26)30/h3-6,8-11,15,18,21H,7,12-14H2,1-2H3,(H2,26,30)(H,27,29). The lowest BCUT2D eigenvalue weighted by molar-refractivity contribution is -0.144. The van der Waals surface area contributed by atoms with Crippen molar-refractivity contribution in [1.82, 2.24) is 4.90 Å².